The lowest BCUT2D eigenvalue weighted by molar-refractivity contribution is -0.146. The van der Waals surface area contributed by atoms with Crippen LogP contribution in [0.25, 0.3) is 10.1 Å². The van der Waals surface area contributed by atoms with Crippen molar-refractivity contribution in [2.45, 2.75) is 19.8 Å². The molecule has 0 fully saturated rings. The van der Waals surface area contributed by atoms with Crippen molar-refractivity contribution in [1.82, 2.24) is 0 Å². The van der Waals surface area contributed by atoms with E-state index in [1.54, 1.807) is 31.2 Å². The number of carboxylic acid groups (broad SMARTS) is 1. The highest BCUT2D eigenvalue weighted by Crippen LogP contribution is 2.30. The molecule has 2 atom stereocenters. The molecule has 2 N–H and O–H groups in total. The standard InChI is InChI=1S/C19H19NO5S/c1-2-25-19(24)16-10-11-9-12(7-8-15(11)26-16)20-17(21)13-5-3-4-6-14(13)18(22)23/h3-4,7-10,13-14H,2,5-6H2,1H3,(H,20,21)(H,22,23)/t13-,14+/m1/s1. The van der Waals surface area contributed by atoms with Crippen molar-refractivity contribution in [2.24, 2.45) is 11.8 Å². The van der Waals surface area contributed by atoms with E-state index in [0.29, 0.717) is 30.0 Å². The second kappa shape index (κ2) is 7.70. The third-order valence-electron chi connectivity index (χ3n) is 4.35. The molecule has 0 saturated heterocycles. The number of amides is 1. The van der Waals surface area contributed by atoms with Crippen LogP contribution >= 0.6 is 11.3 Å². The number of fused-ring (bicyclic) bond motifs is 1. The van der Waals surface area contributed by atoms with Crippen molar-refractivity contribution in [1.29, 1.82) is 0 Å². The molecule has 1 heterocycles. The van der Waals surface area contributed by atoms with Gasteiger partial charge in [0.15, 0.2) is 0 Å². The topological polar surface area (TPSA) is 92.7 Å². The van der Waals surface area contributed by atoms with E-state index in [-0.39, 0.29) is 11.9 Å². The van der Waals surface area contributed by atoms with Crippen LogP contribution in [0.3, 0.4) is 0 Å². The van der Waals surface area contributed by atoms with Crippen LogP contribution in [0.4, 0.5) is 5.69 Å². The lowest BCUT2D eigenvalue weighted by Crippen LogP contribution is -2.34. The SMILES string of the molecule is CCOC(=O)c1cc2cc(NC(=O)[C@@H]3CC=CC[C@@H]3C(=O)O)ccc2s1. The summed E-state index contributed by atoms with van der Waals surface area (Å²) in [4.78, 5) is 36.2. The minimum atomic E-state index is -0.957. The number of benzene rings is 1. The molecule has 0 aliphatic heterocycles. The minimum Gasteiger partial charge on any atom is -0.481 e. The van der Waals surface area contributed by atoms with Gasteiger partial charge in [0, 0.05) is 10.4 Å². The number of aliphatic carboxylic acids is 1. The van der Waals surface area contributed by atoms with Crippen LogP contribution in [0.1, 0.15) is 29.4 Å². The highest BCUT2D eigenvalue weighted by molar-refractivity contribution is 7.20. The summed E-state index contributed by atoms with van der Waals surface area (Å²) in [5.41, 5.74) is 0.578. The molecule has 1 aromatic carbocycles. The van der Waals surface area contributed by atoms with Crippen LogP contribution in [0.5, 0.6) is 0 Å². The third-order valence-corrected chi connectivity index (χ3v) is 5.44. The number of carbonyl (C=O) groups is 3. The van der Waals surface area contributed by atoms with E-state index in [2.05, 4.69) is 5.32 Å². The molecule has 1 aliphatic carbocycles. The van der Waals surface area contributed by atoms with Gasteiger partial charge in [0.2, 0.25) is 5.91 Å². The number of anilines is 1. The zero-order valence-electron chi connectivity index (χ0n) is 14.2. The number of esters is 1. The van der Waals surface area contributed by atoms with Crippen molar-refractivity contribution in [3.8, 4) is 0 Å². The summed E-state index contributed by atoms with van der Waals surface area (Å²) in [5.74, 6) is -2.92. The number of carbonyl (C=O) groups excluding carboxylic acids is 2. The van der Waals surface area contributed by atoms with Gasteiger partial charge in [-0.25, -0.2) is 4.79 Å². The molecule has 1 aliphatic rings. The van der Waals surface area contributed by atoms with Crippen molar-refractivity contribution in [2.75, 3.05) is 11.9 Å². The lowest BCUT2D eigenvalue weighted by atomic mass is 9.82. The first-order chi connectivity index (χ1) is 12.5. The van der Waals surface area contributed by atoms with Gasteiger partial charge in [-0.2, -0.15) is 0 Å². The number of hydrogen-bond acceptors (Lipinski definition) is 5. The maximum Gasteiger partial charge on any atom is 0.348 e. The zero-order chi connectivity index (χ0) is 18.7. The Labute approximate surface area is 154 Å². The van der Waals surface area contributed by atoms with Crippen LogP contribution in [0, 0.1) is 11.8 Å². The van der Waals surface area contributed by atoms with Crippen molar-refractivity contribution >= 4 is 45.0 Å². The summed E-state index contributed by atoms with van der Waals surface area (Å²) in [6, 6.07) is 7.09. The predicted octanol–water partition coefficient (Wildman–Crippen LogP) is 3.68. The first-order valence-electron chi connectivity index (χ1n) is 8.39. The Morgan fingerprint density at radius 2 is 1.92 bits per heavy atom. The fourth-order valence-electron chi connectivity index (χ4n) is 3.04. The van der Waals surface area contributed by atoms with Gasteiger partial charge in [0.25, 0.3) is 0 Å². The maximum atomic E-state index is 12.5. The van der Waals surface area contributed by atoms with Gasteiger partial charge in [0.1, 0.15) is 4.88 Å². The van der Waals surface area contributed by atoms with E-state index in [4.69, 9.17) is 4.74 Å². The van der Waals surface area contributed by atoms with Crippen LogP contribution in [-0.4, -0.2) is 29.6 Å². The number of carboxylic acids is 1. The van der Waals surface area contributed by atoms with Gasteiger partial charge in [-0.05, 0) is 49.4 Å². The number of thiophene rings is 1. The normalized spacial score (nSPS) is 19.3. The molecule has 0 unspecified atom stereocenters. The molecule has 0 saturated carbocycles. The number of hydrogen-bond donors (Lipinski definition) is 2. The smallest absolute Gasteiger partial charge is 0.348 e. The van der Waals surface area contributed by atoms with Crippen LogP contribution in [0.2, 0.25) is 0 Å². The second-order valence-electron chi connectivity index (χ2n) is 6.07. The van der Waals surface area contributed by atoms with Crippen molar-refractivity contribution < 1.29 is 24.2 Å². The molecule has 0 spiro atoms. The fourth-order valence-corrected chi connectivity index (χ4v) is 3.97. The first-order valence-corrected chi connectivity index (χ1v) is 9.20. The second-order valence-corrected chi connectivity index (χ2v) is 7.15. The van der Waals surface area contributed by atoms with Gasteiger partial charge in [-0.15, -0.1) is 11.3 Å². The summed E-state index contributed by atoms with van der Waals surface area (Å²) in [6.45, 7) is 2.07. The number of nitrogens with one attached hydrogen (secondary N) is 1. The monoisotopic (exact) mass is 373 g/mol. The highest BCUT2D eigenvalue weighted by atomic mass is 32.1. The minimum absolute atomic E-state index is 0.304. The predicted molar refractivity (Wildman–Crippen MR) is 99.4 cm³/mol. The summed E-state index contributed by atoms with van der Waals surface area (Å²) in [6.07, 6.45) is 4.42. The van der Waals surface area contributed by atoms with Crippen molar-refractivity contribution in [3.63, 3.8) is 0 Å². The van der Waals surface area contributed by atoms with Crippen molar-refractivity contribution in [3.05, 3.63) is 41.3 Å². The number of rotatable bonds is 5. The van der Waals surface area contributed by atoms with E-state index in [1.807, 2.05) is 12.1 Å². The fraction of sp³-hybridized carbons (Fsp3) is 0.316. The molecule has 136 valence electrons. The zero-order valence-corrected chi connectivity index (χ0v) is 15.0. The quantitative estimate of drug-likeness (QED) is 0.616. The first kappa shape index (κ1) is 18.1. The van der Waals surface area contributed by atoms with Crippen LogP contribution < -0.4 is 5.32 Å². The van der Waals surface area contributed by atoms with E-state index < -0.39 is 17.8 Å². The Hall–Kier alpha value is -2.67. The van der Waals surface area contributed by atoms with E-state index in [1.165, 1.54) is 11.3 Å². The molecule has 6 nitrogen and oxygen atoms in total. The average molecular weight is 373 g/mol. The van der Waals surface area contributed by atoms with E-state index in [0.717, 1.165) is 10.1 Å². The van der Waals surface area contributed by atoms with Crippen LogP contribution in [0.15, 0.2) is 36.4 Å². The van der Waals surface area contributed by atoms with Gasteiger partial charge in [0.05, 0.1) is 18.4 Å². The van der Waals surface area contributed by atoms with Gasteiger partial charge in [-0.3, -0.25) is 9.59 Å². The van der Waals surface area contributed by atoms with Gasteiger partial charge < -0.3 is 15.2 Å². The molecular weight excluding hydrogens is 354 g/mol. The Kier molecular flexibility index (Phi) is 5.37. The largest absolute Gasteiger partial charge is 0.481 e. The molecule has 0 radical (unpaired) electrons. The van der Waals surface area contributed by atoms with Crippen LogP contribution in [-0.2, 0) is 14.3 Å². The molecule has 3 rings (SSSR count). The number of allylic oxidation sites excluding steroid dienone is 2. The molecule has 2 aromatic rings. The molecule has 26 heavy (non-hydrogen) atoms. The molecule has 1 amide bonds. The molecule has 1 aromatic heterocycles. The Morgan fingerprint density at radius 1 is 1.19 bits per heavy atom. The molecule has 7 heteroatoms. The Morgan fingerprint density at radius 3 is 2.62 bits per heavy atom. The lowest BCUT2D eigenvalue weighted by Gasteiger charge is -2.24. The molecule has 0 bridgehead atoms. The maximum absolute atomic E-state index is 12.5. The summed E-state index contributed by atoms with van der Waals surface area (Å²) >= 11 is 1.33. The average Bonchev–Trinajstić information content (AvgIpc) is 3.05. The summed E-state index contributed by atoms with van der Waals surface area (Å²) < 4.78 is 5.92. The Balaban J connectivity index is 1.78. The summed E-state index contributed by atoms with van der Waals surface area (Å²) in [5, 5.41) is 12.9. The molecular formula is C19H19NO5S. The van der Waals surface area contributed by atoms with Gasteiger partial charge in [-0.1, -0.05) is 12.2 Å². The summed E-state index contributed by atoms with van der Waals surface area (Å²) in [7, 11) is 0. The Bertz CT molecular complexity index is 885. The number of ether oxygens (including phenoxy) is 1. The van der Waals surface area contributed by atoms with Gasteiger partial charge >= 0.3 is 11.9 Å². The highest BCUT2D eigenvalue weighted by Gasteiger charge is 2.33. The van der Waals surface area contributed by atoms with E-state index >= 15 is 0 Å². The third kappa shape index (κ3) is 3.77. The van der Waals surface area contributed by atoms with E-state index in [9.17, 15) is 19.5 Å².